The van der Waals surface area contributed by atoms with E-state index in [0.29, 0.717) is 0 Å². The molecular weight excluding hydrogens is 298 g/mol. The number of rotatable bonds is 7. The van der Waals surface area contributed by atoms with Crippen LogP contribution in [0.3, 0.4) is 0 Å². The molecule has 20 heavy (non-hydrogen) atoms. The van der Waals surface area contributed by atoms with Crippen LogP contribution in [0, 0.1) is 0 Å². The molecule has 1 unspecified atom stereocenters. The first kappa shape index (κ1) is 22.1. The first-order valence-corrected chi connectivity index (χ1v) is 7.92. The summed E-state index contributed by atoms with van der Waals surface area (Å²) in [4.78, 5) is 8.49. The van der Waals surface area contributed by atoms with Crippen molar-refractivity contribution in [2.45, 2.75) is 58.7 Å². The zero-order valence-electron chi connectivity index (χ0n) is 12.4. The number of alkyl halides is 3. The Balaban J connectivity index is 0. The van der Waals surface area contributed by atoms with E-state index in [2.05, 4.69) is 29.8 Å². The molecule has 0 fully saturated rings. The monoisotopic (exact) mass is 323 g/mol. The second kappa shape index (κ2) is 9.73. The molecule has 0 aromatic rings. The minimum Gasteiger partial charge on any atom is -0.325 e. The van der Waals surface area contributed by atoms with Gasteiger partial charge in [0.25, 0.3) is 0 Å². The average molecular weight is 323 g/mol. The maximum atomic E-state index is 11.4. The van der Waals surface area contributed by atoms with Gasteiger partial charge in [-0.15, -0.1) is 0 Å². The van der Waals surface area contributed by atoms with E-state index in [-0.39, 0.29) is 12.1 Å². The molecule has 0 aliphatic heterocycles. The lowest BCUT2D eigenvalue weighted by Gasteiger charge is -2.23. The lowest BCUT2D eigenvalue weighted by atomic mass is 9.92. The molecule has 0 aromatic heterocycles. The standard InChI is InChI=1S/C7H17N.C4H8F3O4P/c1-4-7(8,5-2)6-3;1-2-10-12(8,9)11-3-4(5,6)7/h4-6,8H2,1-3H3;2-3H2,1H3,(H,8,9). The van der Waals surface area contributed by atoms with Gasteiger partial charge in [-0.3, -0.25) is 9.05 Å². The topological polar surface area (TPSA) is 81.8 Å². The van der Waals surface area contributed by atoms with E-state index in [9.17, 15) is 17.7 Å². The Kier molecular flexibility index (Phi) is 10.8. The third kappa shape index (κ3) is 12.9. The molecule has 0 aromatic carbocycles. The summed E-state index contributed by atoms with van der Waals surface area (Å²) < 4.78 is 52.3. The zero-order valence-corrected chi connectivity index (χ0v) is 13.3. The van der Waals surface area contributed by atoms with Crippen molar-refractivity contribution < 1.29 is 31.7 Å². The molecular formula is C11H25F3NO4P. The lowest BCUT2D eigenvalue weighted by molar-refractivity contribution is -0.157. The Hall–Kier alpha value is -0.140. The number of nitrogens with two attached hydrogens (primary N) is 1. The van der Waals surface area contributed by atoms with Gasteiger partial charge in [-0.05, 0) is 26.2 Å². The van der Waals surface area contributed by atoms with Crippen molar-refractivity contribution in [3.8, 4) is 0 Å². The quantitative estimate of drug-likeness (QED) is 0.699. The highest BCUT2D eigenvalue weighted by molar-refractivity contribution is 7.47. The fourth-order valence-electron chi connectivity index (χ4n) is 1.11. The fourth-order valence-corrected chi connectivity index (χ4v) is 1.82. The van der Waals surface area contributed by atoms with Crippen molar-refractivity contribution in [2.24, 2.45) is 5.73 Å². The third-order valence-corrected chi connectivity index (χ3v) is 3.84. The van der Waals surface area contributed by atoms with E-state index in [1.807, 2.05) is 0 Å². The first-order valence-electron chi connectivity index (χ1n) is 6.42. The second-order valence-corrected chi connectivity index (χ2v) is 5.65. The smallest absolute Gasteiger partial charge is 0.325 e. The summed E-state index contributed by atoms with van der Waals surface area (Å²) >= 11 is 0. The van der Waals surface area contributed by atoms with Crippen LogP contribution in [0.15, 0.2) is 0 Å². The van der Waals surface area contributed by atoms with Crippen molar-refractivity contribution in [1.29, 1.82) is 0 Å². The summed E-state index contributed by atoms with van der Waals surface area (Å²) in [6, 6.07) is 0. The van der Waals surface area contributed by atoms with Gasteiger partial charge in [0.15, 0.2) is 6.61 Å². The Morgan fingerprint density at radius 1 is 1.05 bits per heavy atom. The molecule has 124 valence electrons. The highest BCUT2D eigenvalue weighted by Gasteiger charge is 2.33. The summed E-state index contributed by atoms with van der Waals surface area (Å²) in [5.41, 5.74) is 6.02. The Bertz CT molecular complexity index is 288. The van der Waals surface area contributed by atoms with E-state index in [1.165, 1.54) is 6.92 Å². The lowest BCUT2D eigenvalue weighted by Crippen LogP contribution is -2.37. The predicted octanol–water partition coefficient (Wildman–Crippen LogP) is 3.62. The number of hydrogen-bond acceptors (Lipinski definition) is 4. The molecule has 1 atom stereocenters. The Morgan fingerprint density at radius 3 is 1.65 bits per heavy atom. The highest BCUT2D eigenvalue weighted by Crippen LogP contribution is 2.44. The first-order chi connectivity index (χ1) is 8.95. The summed E-state index contributed by atoms with van der Waals surface area (Å²) in [6.45, 7) is 5.82. The number of phosphoric ester groups is 1. The summed E-state index contributed by atoms with van der Waals surface area (Å²) in [5.74, 6) is 0. The normalized spacial score (nSPS) is 15.2. The second-order valence-electron chi connectivity index (χ2n) is 4.20. The molecule has 3 N–H and O–H groups in total. The molecule has 5 nitrogen and oxygen atoms in total. The molecule has 9 heteroatoms. The largest absolute Gasteiger partial charge is 0.472 e. The van der Waals surface area contributed by atoms with Crippen molar-refractivity contribution in [3.05, 3.63) is 0 Å². The molecule has 0 radical (unpaired) electrons. The molecule has 0 amide bonds. The summed E-state index contributed by atoms with van der Waals surface area (Å²) in [7, 11) is -4.51. The summed E-state index contributed by atoms with van der Waals surface area (Å²) in [6.07, 6.45) is -1.34. The van der Waals surface area contributed by atoms with Crippen LogP contribution < -0.4 is 5.73 Å². The van der Waals surface area contributed by atoms with Gasteiger partial charge < -0.3 is 10.6 Å². The van der Waals surface area contributed by atoms with E-state index in [1.54, 1.807) is 0 Å². The maximum absolute atomic E-state index is 11.4. The Labute approximate surface area is 118 Å². The summed E-state index contributed by atoms with van der Waals surface area (Å²) in [5, 5.41) is 0. The van der Waals surface area contributed by atoms with Crippen LogP contribution in [0.1, 0.15) is 47.0 Å². The van der Waals surface area contributed by atoms with Crippen LogP contribution in [0.4, 0.5) is 13.2 Å². The van der Waals surface area contributed by atoms with Gasteiger partial charge in [0, 0.05) is 5.54 Å². The highest BCUT2D eigenvalue weighted by atomic mass is 31.2. The van der Waals surface area contributed by atoms with Crippen LogP contribution in [0.25, 0.3) is 0 Å². The van der Waals surface area contributed by atoms with Crippen LogP contribution >= 0.6 is 7.82 Å². The van der Waals surface area contributed by atoms with Crippen LogP contribution in [-0.2, 0) is 13.6 Å². The van der Waals surface area contributed by atoms with Gasteiger partial charge in [-0.1, -0.05) is 20.8 Å². The van der Waals surface area contributed by atoms with E-state index in [0.717, 1.165) is 19.3 Å². The van der Waals surface area contributed by atoms with Gasteiger partial charge in [0.05, 0.1) is 6.61 Å². The number of phosphoric acid groups is 1. The van der Waals surface area contributed by atoms with Crippen LogP contribution in [-0.4, -0.2) is 29.8 Å². The third-order valence-electron chi connectivity index (χ3n) is 2.80. The van der Waals surface area contributed by atoms with Gasteiger partial charge in [0.2, 0.25) is 0 Å². The van der Waals surface area contributed by atoms with Crippen molar-refractivity contribution in [1.82, 2.24) is 0 Å². The molecule has 0 aliphatic carbocycles. The Morgan fingerprint density at radius 2 is 1.45 bits per heavy atom. The van der Waals surface area contributed by atoms with E-state index < -0.39 is 20.6 Å². The molecule has 0 bridgehead atoms. The molecule has 0 aliphatic rings. The van der Waals surface area contributed by atoms with Gasteiger partial charge >= 0.3 is 14.0 Å². The van der Waals surface area contributed by atoms with Gasteiger partial charge in [-0.25, -0.2) is 4.57 Å². The van der Waals surface area contributed by atoms with Gasteiger partial charge in [0.1, 0.15) is 0 Å². The molecule has 0 heterocycles. The zero-order chi connectivity index (χ0) is 16.4. The SMILES string of the molecule is CCC(N)(CC)CC.CCOP(=O)(O)OCC(F)(F)F. The number of hydrogen-bond donors (Lipinski definition) is 2. The van der Waals surface area contributed by atoms with Crippen molar-refractivity contribution >= 4 is 7.82 Å². The fraction of sp³-hybridized carbons (Fsp3) is 1.00. The van der Waals surface area contributed by atoms with Crippen LogP contribution in [0.5, 0.6) is 0 Å². The molecule has 0 rings (SSSR count). The molecule has 0 spiro atoms. The minimum absolute atomic E-state index is 0.125. The number of halogens is 3. The predicted molar refractivity (Wildman–Crippen MR) is 71.2 cm³/mol. The van der Waals surface area contributed by atoms with E-state index >= 15 is 0 Å². The molecule has 0 saturated carbocycles. The average Bonchev–Trinajstić information content (AvgIpc) is 2.36. The van der Waals surface area contributed by atoms with E-state index in [4.69, 9.17) is 10.6 Å². The maximum Gasteiger partial charge on any atom is 0.472 e. The minimum atomic E-state index is -4.63. The van der Waals surface area contributed by atoms with Crippen molar-refractivity contribution in [2.75, 3.05) is 13.2 Å². The van der Waals surface area contributed by atoms with Crippen LogP contribution in [0.2, 0.25) is 0 Å². The van der Waals surface area contributed by atoms with Gasteiger partial charge in [-0.2, -0.15) is 13.2 Å². The molecule has 0 saturated heterocycles. The van der Waals surface area contributed by atoms with Crippen molar-refractivity contribution in [3.63, 3.8) is 0 Å².